The molecule has 0 radical (unpaired) electrons. The van der Waals surface area contributed by atoms with Gasteiger partial charge in [-0.05, 0) is 87.0 Å². The lowest BCUT2D eigenvalue weighted by Gasteiger charge is -2.22. The van der Waals surface area contributed by atoms with Gasteiger partial charge in [0.15, 0.2) is 23.0 Å². The van der Waals surface area contributed by atoms with E-state index in [1.165, 1.54) is 40.1 Å². The second kappa shape index (κ2) is 15.7. The van der Waals surface area contributed by atoms with Crippen LogP contribution in [0.15, 0.2) is 89.9 Å². The molecule has 0 aliphatic carbocycles. The molecule has 2 aromatic heterocycles. The Morgan fingerprint density at radius 1 is 0.745 bits per heavy atom. The number of anilines is 1. The van der Waals surface area contributed by atoms with E-state index in [1.807, 2.05) is 30.3 Å². The Morgan fingerprint density at radius 2 is 1.40 bits per heavy atom. The number of nitrogens with zero attached hydrogens (tertiary/aromatic N) is 2. The van der Waals surface area contributed by atoms with Crippen LogP contribution in [-0.4, -0.2) is 62.8 Å². The first-order valence-electron chi connectivity index (χ1n) is 17.2. The van der Waals surface area contributed by atoms with Gasteiger partial charge in [-0.3, -0.25) is 19.7 Å². The highest BCUT2D eigenvalue weighted by molar-refractivity contribution is 6.08. The van der Waals surface area contributed by atoms with Gasteiger partial charge in [0.25, 0.3) is 5.56 Å². The molecule has 0 spiro atoms. The van der Waals surface area contributed by atoms with Crippen molar-refractivity contribution < 1.29 is 42.7 Å². The second-order valence-corrected chi connectivity index (χ2v) is 13.3. The third kappa shape index (κ3) is 7.67. The maximum absolute atomic E-state index is 14.8. The minimum Gasteiger partial charge on any atom is -0.493 e. The van der Waals surface area contributed by atoms with Gasteiger partial charge in [0.05, 0.1) is 46.5 Å². The number of nitrogens with one attached hydrogen (secondary N) is 1. The zero-order valence-corrected chi connectivity index (χ0v) is 31.8. The largest absolute Gasteiger partial charge is 0.493 e. The number of fused-ring (bicyclic) bond motifs is 2. The number of ether oxygens (including phenoxy) is 7. The summed E-state index contributed by atoms with van der Waals surface area (Å²) < 4.78 is 41.1. The van der Waals surface area contributed by atoms with Gasteiger partial charge in [0, 0.05) is 39.5 Å². The number of hydrogen-bond donors (Lipinski definition) is 1. The van der Waals surface area contributed by atoms with Crippen molar-refractivity contribution in [1.29, 1.82) is 0 Å². The summed E-state index contributed by atoms with van der Waals surface area (Å²) in [6.45, 7) is 5.42. The average molecular weight is 748 g/mol. The van der Waals surface area contributed by atoms with E-state index in [0.29, 0.717) is 50.9 Å². The van der Waals surface area contributed by atoms with Crippen LogP contribution in [0.5, 0.6) is 28.7 Å². The molecule has 6 rings (SSSR count). The van der Waals surface area contributed by atoms with Crippen molar-refractivity contribution in [1.82, 2.24) is 9.55 Å². The van der Waals surface area contributed by atoms with Crippen LogP contribution in [-0.2, 0) is 16.1 Å². The standard InChI is InChI=1S/C42H41N3O10/c1-42(2,3)55-41(48)44-26-13-15-27(16-14-26)45-37(40(47)53-8)36(25-19-34(50-5)38(52-7)35(20-25)51-6)29-21-32(49-4)33(22-30(29)39(45)46)54-23-24-17-18-43-31-12-10-9-11-28(24)31/h9-22H,23H2,1-8H3,(H,44,48). The molecule has 6 aromatic rings. The Morgan fingerprint density at radius 3 is 2.02 bits per heavy atom. The van der Waals surface area contributed by atoms with Crippen molar-refractivity contribution in [3.05, 3.63) is 107 Å². The summed E-state index contributed by atoms with van der Waals surface area (Å²) in [6.07, 6.45) is 1.06. The molecule has 0 aliphatic rings. The topological polar surface area (TPSA) is 146 Å². The first-order valence-corrected chi connectivity index (χ1v) is 17.2. The van der Waals surface area contributed by atoms with Crippen molar-refractivity contribution in [2.75, 3.05) is 40.9 Å². The molecular formula is C42H41N3O10. The lowest BCUT2D eigenvalue weighted by Crippen LogP contribution is -2.27. The zero-order valence-electron chi connectivity index (χ0n) is 31.8. The number of pyridine rings is 2. The Kier molecular flexibility index (Phi) is 10.8. The Balaban J connectivity index is 1.61. The lowest BCUT2D eigenvalue weighted by atomic mass is 9.95. The fourth-order valence-electron chi connectivity index (χ4n) is 6.28. The molecular weight excluding hydrogens is 706 g/mol. The smallest absolute Gasteiger partial charge is 0.412 e. The zero-order chi connectivity index (χ0) is 39.4. The third-order valence-corrected chi connectivity index (χ3v) is 8.69. The van der Waals surface area contributed by atoms with Crippen LogP contribution < -0.4 is 34.6 Å². The third-order valence-electron chi connectivity index (χ3n) is 8.69. The van der Waals surface area contributed by atoms with Crippen LogP contribution in [0, 0.1) is 0 Å². The molecule has 1 N–H and O–H groups in total. The van der Waals surface area contributed by atoms with Gasteiger partial charge in [-0.25, -0.2) is 9.59 Å². The van der Waals surface area contributed by atoms with E-state index >= 15 is 0 Å². The SMILES string of the molecule is COC(=O)c1c(-c2cc(OC)c(OC)c(OC)c2)c2cc(OC)c(OCc3ccnc4ccccc34)cc2c(=O)n1-c1ccc(NC(=O)OC(C)(C)C)cc1. The number of benzene rings is 4. The second-order valence-electron chi connectivity index (χ2n) is 13.3. The van der Waals surface area contributed by atoms with E-state index in [9.17, 15) is 14.4 Å². The summed E-state index contributed by atoms with van der Waals surface area (Å²) >= 11 is 0. The first-order chi connectivity index (χ1) is 26.4. The number of amides is 1. The van der Waals surface area contributed by atoms with E-state index in [-0.39, 0.29) is 23.4 Å². The van der Waals surface area contributed by atoms with E-state index in [2.05, 4.69) is 10.3 Å². The monoisotopic (exact) mass is 747 g/mol. The molecule has 0 atom stereocenters. The van der Waals surface area contributed by atoms with E-state index in [0.717, 1.165) is 16.5 Å². The highest BCUT2D eigenvalue weighted by Crippen LogP contribution is 2.45. The molecule has 1 amide bonds. The Bertz CT molecular complexity index is 2440. The van der Waals surface area contributed by atoms with E-state index < -0.39 is 23.2 Å². The van der Waals surface area contributed by atoms with Gasteiger partial charge >= 0.3 is 12.1 Å². The Hall–Kier alpha value is -6.76. The fraction of sp³-hybridized carbons (Fsp3) is 0.238. The molecule has 0 aliphatic heterocycles. The molecule has 4 aromatic carbocycles. The molecule has 55 heavy (non-hydrogen) atoms. The summed E-state index contributed by atoms with van der Waals surface area (Å²) in [5, 5.41) is 4.16. The maximum Gasteiger partial charge on any atom is 0.412 e. The minimum atomic E-state index is -0.803. The predicted molar refractivity (Wildman–Crippen MR) is 208 cm³/mol. The molecule has 0 fully saturated rings. The number of carbonyl (C=O) groups is 2. The number of esters is 1. The predicted octanol–water partition coefficient (Wildman–Crippen LogP) is 7.95. The van der Waals surface area contributed by atoms with Crippen LogP contribution in [0.4, 0.5) is 10.5 Å². The van der Waals surface area contributed by atoms with Crippen molar-refractivity contribution in [3.8, 4) is 45.6 Å². The highest BCUT2D eigenvalue weighted by Gasteiger charge is 2.28. The van der Waals surface area contributed by atoms with E-state index in [4.69, 9.17) is 33.2 Å². The number of hydrogen-bond acceptors (Lipinski definition) is 11. The molecule has 13 nitrogen and oxygen atoms in total. The van der Waals surface area contributed by atoms with Crippen molar-refractivity contribution in [3.63, 3.8) is 0 Å². The van der Waals surface area contributed by atoms with Gasteiger partial charge in [-0.15, -0.1) is 0 Å². The van der Waals surface area contributed by atoms with E-state index in [1.54, 1.807) is 75.5 Å². The Labute approximate surface area is 317 Å². The summed E-state index contributed by atoms with van der Waals surface area (Å²) in [7, 11) is 7.16. The van der Waals surface area contributed by atoms with Crippen LogP contribution in [0.25, 0.3) is 38.5 Å². The molecule has 0 saturated heterocycles. The van der Waals surface area contributed by atoms with Gasteiger partial charge in [0.1, 0.15) is 17.9 Å². The normalized spacial score (nSPS) is 11.2. The number of methoxy groups -OCH3 is 5. The van der Waals surface area contributed by atoms with Crippen LogP contribution in [0.3, 0.4) is 0 Å². The minimum absolute atomic E-state index is 0.0962. The molecule has 0 saturated carbocycles. The molecule has 2 heterocycles. The van der Waals surface area contributed by atoms with Gasteiger partial charge in [0.2, 0.25) is 5.75 Å². The summed E-state index contributed by atoms with van der Waals surface area (Å²) in [6, 6.07) is 22.6. The van der Waals surface area contributed by atoms with Crippen LogP contribution in [0.1, 0.15) is 36.8 Å². The molecule has 13 heteroatoms. The van der Waals surface area contributed by atoms with Gasteiger partial charge < -0.3 is 33.2 Å². The maximum atomic E-state index is 14.8. The fourth-order valence-corrected chi connectivity index (χ4v) is 6.28. The van der Waals surface area contributed by atoms with Gasteiger partial charge in [-0.1, -0.05) is 18.2 Å². The summed E-state index contributed by atoms with van der Waals surface area (Å²) in [5.41, 5.74) is 1.79. The van der Waals surface area contributed by atoms with Gasteiger partial charge in [-0.2, -0.15) is 0 Å². The number of rotatable bonds is 11. The highest BCUT2D eigenvalue weighted by atomic mass is 16.6. The van der Waals surface area contributed by atoms with Crippen LogP contribution >= 0.6 is 0 Å². The quantitative estimate of drug-likeness (QED) is 0.129. The number of para-hydroxylation sites is 1. The number of aromatic nitrogens is 2. The molecule has 284 valence electrons. The summed E-state index contributed by atoms with van der Waals surface area (Å²) in [5.74, 6) is 0.752. The van der Waals surface area contributed by atoms with Crippen molar-refractivity contribution >= 4 is 39.4 Å². The molecule has 0 unspecified atom stereocenters. The average Bonchev–Trinajstić information content (AvgIpc) is 3.18. The first kappa shape index (κ1) is 38.0. The van der Waals surface area contributed by atoms with Crippen molar-refractivity contribution in [2.45, 2.75) is 33.0 Å². The molecule has 0 bridgehead atoms. The summed E-state index contributed by atoms with van der Waals surface area (Å²) in [4.78, 5) is 45.7. The van der Waals surface area contributed by atoms with Crippen LogP contribution in [0.2, 0.25) is 0 Å². The lowest BCUT2D eigenvalue weighted by molar-refractivity contribution is 0.0589. The number of carbonyl (C=O) groups excluding carboxylic acids is 2. The van der Waals surface area contributed by atoms with Crippen molar-refractivity contribution in [2.24, 2.45) is 0 Å².